The first-order valence-corrected chi connectivity index (χ1v) is 11.5. The Morgan fingerprint density at radius 1 is 0.806 bits per heavy atom. The van der Waals surface area contributed by atoms with Crippen molar-refractivity contribution in [1.82, 2.24) is 8.87 Å². The van der Waals surface area contributed by atoms with E-state index in [1.54, 1.807) is 31.4 Å². The Morgan fingerprint density at radius 3 is 2.26 bits per heavy atom. The summed E-state index contributed by atoms with van der Waals surface area (Å²) in [5.74, 6) is 2.09. The monoisotopic (exact) mass is 434 g/mol. The second kappa shape index (κ2) is 7.76. The first-order valence-electron chi connectivity index (χ1n) is 10.0. The van der Waals surface area contributed by atoms with Crippen LogP contribution in [0.5, 0.6) is 17.2 Å². The van der Waals surface area contributed by atoms with Gasteiger partial charge in [-0.1, -0.05) is 18.2 Å². The molecule has 0 N–H and O–H groups in total. The van der Waals surface area contributed by atoms with E-state index >= 15 is 0 Å². The van der Waals surface area contributed by atoms with E-state index in [-0.39, 0.29) is 4.90 Å². The molecule has 6 nitrogen and oxygen atoms in total. The molecule has 0 aliphatic carbocycles. The number of rotatable bonds is 5. The zero-order valence-electron chi connectivity index (χ0n) is 17.1. The quantitative estimate of drug-likeness (QED) is 0.459. The van der Waals surface area contributed by atoms with Gasteiger partial charge in [0.05, 0.1) is 18.6 Å². The minimum atomic E-state index is -3.60. The highest BCUT2D eigenvalue weighted by atomic mass is 32.2. The van der Waals surface area contributed by atoms with Gasteiger partial charge in [-0.05, 0) is 60.7 Å². The Hall–Kier alpha value is -3.29. The molecule has 0 saturated heterocycles. The van der Waals surface area contributed by atoms with E-state index in [9.17, 15) is 8.42 Å². The zero-order valence-corrected chi connectivity index (χ0v) is 17.9. The molecule has 0 atom stereocenters. The van der Waals surface area contributed by atoms with Crippen molar-refractivity contribution in [3.63, 3.8) is 0 Å². The molecule has 0 bridgehead atoms. The molecule has 158 valence electrons. The van der Waals surface area contributed by atoms with Crippen LogP contribution in [0.2, 0.25) is 0 Å². The molecule has 1 aromatic heterocycles. The van der Waals surface area contributed by atoms with Crippen LogP contribution in [-0.4, -0.2) is 30.9 Å². The number of para-hydroxylation sites is 1. The highest BCUT2D eigenvalue weighted by Gasteiger charge is 2.29. The summed E-state index contributed by atoms with van der Waals surface area (Å²) < 4.78 is 41.3. The third-order valence-electron chi connectivity index (χ3n) is 5.55. The predicted octanol–water partition coefficient (Wildman–Crippen LogP) is 4.65. The van der Waals surface area contributed by atoms with Crippen molar-refractivity contribution >= 4 is 20.9 Å². The first kappa shape index (κ1) is 19.7. The van der Waals surface area contributed by atoms with Crippen LogP contribution in [0.25, 0.3) is 10.9 Å². The predicted molar refractivity (Wildman–Crippen MR) is 119 cm³/mol. The summed E-state index contributed by atoms with van der Waals surface area (Å²) in [6.45, 7) is 1.37. The van der Waals surface area contributed by atoms with Crippen molar-refractivity contribution in [2.75, 3.05) is 13.7 Å². The molecule has 1 aliphatic rings. The fraction of sp³-hybridized carbons (Fsp3) is 0.167. The van der Waals surface area contributed by atoms with E-state index in [0.29, 0.717) is 31.1 Å². The van der Waals surface area contributed by atoms with Crippen LogP contribution in [0.15, 0.2) is 83.8 Å². The number of fused-ring (bicyclic) bond motifs is 3. The van der Waals surface area contributed by atoms with Gasteiger partial charge in [0.25, 0.3) is 0 Å². The van der Waals surface area contributed by atoms with Gasteiger partial charge in [-0.2, -0.15) is 4.31 Å². The molecule has 0 fully saturated rings. The Morgan fingerprint density at radius 2 is 1.52 bits per heavy atom. The van der Waals surface area contributed by atoms with Crippen molar-refractivity contribution in [2.24, 2.45) is 0 Å². The van der Waals surface area contributed by atoms with Crippen molar-refractivity contribution in [2.45, 2.75) is 18.0 Å². The molecule has 1 aliphatic heterocycles. The maximum atomic E-state index is 13.2. The largest absolute Gasteiger partial charge is 0.497 e. The summed E-state index contributed by atoms with van der Waals surface area (Å²) in [5.41, 5.74) is 2.07. The molecule has 0 saturated carbocycles. The summed E-state index contributed by atoms with van der Waals surface area (Å²) in [5, 5.41) is 1.05. The number of methoxy groups -OCH3 is 1. The van der Waals surface area contributed by atoms with E-state index in [1.807, 2.05) is 54.6 Å². The number of aromatic nitrogens is 1. The van der Waals surface area contributed by atoms with Gasteiger partial charge in [-0.25, -0.2) is 8.42 Å². The smallest absolute Gasteiger partial charge is 0.243 e. The van der Waals surface area contributed by atoms with Crippen LogP contribution < -0.4 is 9.47 Å². The average Bonchev–Trinajstić information content (AvgIpc) is 3.17. The molecular weight excluding hydrogens is 412 g/mol. The highest BCUT2D eigenvalue weighted by Crippen LogP contribution is 2.30. The minimum absolute atomic E-state index is 0.263. The topological polar surface area (TPSA) is 60.8 Å². The lowest BCUT2D eigenvalue weighted by molar-refractivity contribution is 0.345. The standard InChI is InChI=1S/C24H22N2O4S/c1-29-22-9-12-24-18(16-22)15-19-17-25(13-14-26(19)24)31(27,28)23-10-7-21(8-11-23)30-20-5-3-2-4-6-20/h2-12,15-16H,13-14,17H2,1H3. The summed E-state index contributed by atoms with van der Waals surface area (Å²) >= 11 is 0. The second-order valence-corrected chi connectivity index (χ2v) is 9.38. The van der Waals surface area contributed by atoms with E-state index in [2.05, 4.69) is 4.57 Å². The third kappa shape index (κ3) is 3.66. The highest BCUT2D eigenvalue weighted by molar-refractivity contribution is 7.89. The number of sulfonamides is 1. The van der Waals surface area contributed by atoms with Crippen LogP contribution in [0.1, 0.15) is 5.69 Å². The Kier molecular flexibility index (Phi) is 4.92. The fourth-order valence-electron chi connectivity index (χ4n) is 3.96. The van der Waals surface area contributed by atoms with E-state index < -0.39 is 10.0 Å². The average molecular weight is 435 g/mol. The molecule has 7 heteroatoms. The Labute approximate surface area is 181 Å². The zero-order chi connectivity index (χ0) is 21.4. The van der Waals surface area contributed by atoms with Crippen LogP contribution in [-0.2, 0) is 23.1 Å². The second-order valence-electron chi connectivity index (χ2n) is 7.44. The van der Waals surface area contributed by atoms with E-state index in [1.165, 1.54) is 4.31 Å². The van der Waals surface area contributed by atoms with Crippen molar-refractivity contribution in [3.05, 3.63) is 84.6 Å². The van der Waals surface area contributed by atoms with Gasteiger partial charge in [0, 0.05) is 29.7 Å². The first-order chi connectivity index (χ1) is 15.0. The van der Waals surface area contributed by atoms with Crippen molar-refractivity contribution in [3.8, 4) is 17.2 Å². The van der Waals surface area contributed by atoms with Gasteiger partial charge in [0.2, 0.25) is 10.0 Å². The van der Waals surface area contributed by atoms with Crippen LogP contribution in [0.3, 0.4) is 0 Å². The van der Waals surface area contributed by atoms with Gasteiger partial charge >= 0.3 is 0 Å². The van der Waals surface area contributed by atoms with E-state index in [4.69, 9.17) is 9.47 Å². The molecule has 5 rings (SSSR count). The van der Waals surface area contributed by atoms with Crippen LogP contribution >= 0.6 is 0 Å². The lowest BCUT2D eigenvalue weighted by Gasteiger charge is -2.28. The van der Waals surface area contributed by atoms with Crippen LogP contribution in [0, 0.1) is 0 Å². The summed E-state index contributed by atoms with van der Waals surface area (Å²) in [6.07, 6.45) is 0. The summed E-state index contributed by atoms with van der Waals surface area (Å²) in [7, 11) is -1.96. The van der Waals surface area contributed by atoms with Gasteiger partial charge in [0.1, 0.15) is 17.2 Å². The molecule has 0 amide bonds. The number of hydrogen-bond acceptors (Lipinski definition) is 4. The number of nitrogens with zero attached hydrogens (tertiary/aromatic N) is 2. The maximum absolute atomic E-state index is 13.2. The third-order valence-corrected chi connectivity index (χ3v) is 7.41. The normalized spacial score (nSPS) is 14.4. The summed E-state index contributed by atoms with van der Waals surface area (Å²) in [4.78, 5) is 0.263. The van der Waals surface area contributed by atoms with Gasteiger partial charge in [-0.3, -0.25) is 0 Å². The molecular formula is C24H22N2O4S. The number of hydrogen-bond donors (Lipinski definition) is 0. The van der Waals surface area contributed by atoms with Gasteiger partial charge in [-0.15, -0.1) is 0 Å². The van der Waals surface area contributed by atoms with Crippen LogP contribution in [0.4, 0.5) is 0 Å². The molecule has 31 heavy (non-hydrogen) atoms. The van der Waals surface area contributed by atoms with E-state index in [0.717, 1.165) is 22.3 Å². The molecule has 2 heterocycles. The van der Waals surface area contributed by atoms with Crippen molar-refractivity contribution in [1.29, 1.82) is 0 Å². The lowest BCUT2D eigenvalue weighted by atomic mass is 10.2. The van der Waals surface area contributed by atoms with Gasteiger partial charge < -0.3 is 14.0 Å². The SMILES string of the molecule is COc1ccc2c(c1)cc1n2CCN(S(=O)(=O)c2ccc(Oc3ccccc3)cc2)C1. The Balaban J connectivity index is 1.38. The van der Waals surface area contributed by atoms with Crippen molar-refractivity contribution < 1.29 is 17.9 Å². The molecule has 4 aromatic rings. The number of benzene rings is 3. The molecule has 0 spiro atoms. The Bertz CT molecular complexity index is 1330. The number of ether oxygens (including phenoxy) is 2. The van der Waals surface area contributed by atoms with Gasteiger partial charge in [0.15, 0.2) is 0 Å². The fourth-order valence-corrected chi connectivity index (χ4v) is 5.36. The lowest BCUT2D eigenvalue weighted by Crippen LogP contribution is -2.37. The molecule has 3 aromatic carbocycles. The molecule has 0 unspecified atom stereocenters. The minimum Gasteiger partial charge on any atom is -0.497 e. The summed E-state index contributed by atoms with van der Waals surface area (Å²) in [6, 6.07) is 23.9. The maximum Gasteiger partial charge on any atom is 0.243 e. The molecule has 0 radical (unpaired) electrons.